The summed E-state index contributed by atoms with van der Waals surface area (Å²) in [6.45, 7) is 3.28. The van der Waals surface area contributed by atoms with Crippen LogP contribution in [0.2, 0.25) is 0 Å². The summed E-state index contributed by atoms with van der Waals surface area (Å²) in [5.74, 6) is -1.41. The minimum atomic E-state index is -1.38. The van der Waals surface area contributed by atoms with Gasteiger partial charge in [-0.2, -0.15) is 0 Å². The van der Waals surface area contributed by atoms with Gasteiger partial charge in [0.05, 0.1) is 6.61 Å². The van der Waals surface area contributed by atoms with Crippen LogP contribution in [0.15, 0.2) is 0 Å². The van der Waals surface area contributed by atoms with E-state index in [1.807, 2.05) is 0 Å². The summed E-state index contributed by atoms with van der Waals surface area (Å²) in [7, 11) is 0. The molecule has 138 valence electrons. The van der Waals surface area contributed by atoms with Crippen molar-refractivity contribution in [3.63, 3.8) is 0 Å². The quantitative estimate of drug-likeness (QED) is 0.445. The molecule has 1 rings (SSSR count). The van der Waals surface area contributed by atoms with Crippen molar-refractivity contribution in [1.29, 1.82) is 0 Å². The van der Waals surface area contributed by atoms with Gasteiger partial charge in [-0.15, -0.1) is 0 Å². The van der Waals surface area contributed by atoms with Gasteiger partial charge >= 0.3 is 0 Å². The molecule has 0 spiro atoms. The monoisotopic (exact) mass is 342 g/mol. The first kappa shape index (κ1) is 20.6. The summed E-state index contributed by atoms with van der Waals surface area (Å²) in [5.41, 5.74) is -0.967. The third kappa shape index (κ3) is 6.57. The molecule has 24 heavy (non-hydrogen) atoms. The number of ketones is 1. The summed E-state index contributed by atoms with van der Waals surface area (Å²) >= 11 is 0. The van der Waals surface area contributed by atoms with Crippen molar-refractivity contribution in [2.24, 2.45) is 11.3 Å². The van der Waals surface area contributed by atoms with Gasteiger partial charge in [0.1, 0.15) is 6.10 Å². The van der Waals surface area contributed by atoms with Crippen LogP contribution >= 0.6 is 0 Å². The van der Waals surface area contributed by atoms with E-state index in [0.29, 0.717) is 12.5 Å². The molecule has 7 heteroatoms. The van der Waals surface area contributed by atoms with Crippen LogP contribution in [0.1, 0.15) is 52.4 Å². The fourth-order valence-corrected chi connectivity index (χ4v) is 2.68. The van der Waals surface area contributed by atoms with Crippen molar-refractivity contribution >= 4 is 17.6 Å². The number of hydrogen-bond donors (Lipinski definition) is 4. The van der Waals surface area contributed by atoms with E-state index in [2.05, 4.69) is 10.6 Å². The Bertz CT molecular complexity index is 444. The molecule has 0 unspecified atom stereocenters. The molecule has 1 atom stereocenters. The zero-order valence-corrected chi connectivity index (χ0v) is 14.6. The van der Waals surface area contributed by atoms with Crippen molar-refractivity contribution < 1.29 is 24.6 Å². The Balaban J connectivity index is 2.24. The maximum atomic E-state index is 11.8. The number of amides is 2. The molecule has 0 aliphatic heterocycles. The lowest BCUT2D eigenvalue weighted by atomic mass is 9.87. The Morgan fingerprint density at radius 1 is 1.12 bits per heavy atom. The largest absolute Gasteiger partial charge is 0.396 e. The van der Waals surface area contributed by atoms with Crippen molar-refractivity contribution in [2.75, 3.05) is 19.7 Å². The smallest absolute Gasteiger partial charge is 0.287 e. The fourth-order valence-electron chi connectivity index (χ4n) is 2.68. The summed E-state index contributed by atoms with van der Waals surface area (Å²) < 4.78 is 0. The molecular weight excluding hydrogens is 312 g/mol. The van der Waals surface area contributed by atoms with E-state index in [-0.39, 0.29) is 19.6 Å². The van der Waals surface area contributed by atoms with Gasteiger partial charge in [0, 0.05) is 24.9 Å². The molecule has 0 aromatic rings. The summed E-state index contributed by atoms with van der Waals surface area (Å²) in [4.78, 5) is 35.2. The highest BCUT2D eigenvalue weighted by Gasteiger charge is 2.32. The number of carbonyl (C=O) groups is 3. The molecule has 0 heterocycles. The molecule has 1 aliphatic rings. The van der Waals surface area contributed by atoms with Gasteiger partial charge < -0.3 is 20.8 Å². The number of carbonyl (C=O) groups excluding carboxylic acids is 3. The number of Topliss-reactive ketones (excluding diaryl/α,β-unsaturated/α-hetero) is 1. The van der Waals surface area contributed by atoms with Gasteiger partial charge in [0.15, 0.2) is 0 Å². The van der Waals surface area contributed by atoms with Crippen molar-refractivity contribution in [3.05, 3.63) is 0 Å². The third-order valence-electron chi connectivity index (χ3n) is 4.58. The zero-order chi connectivity index (χ0) is 18.2. The van der Waals surface area contributed by atoms with E-state index < -0.39 is 29.1 Å². The predicted octanol–water partition coefficient (Wildman–Crippen LogP) is 0.138. The summed E-state index contributed by atoms with van der Waals surface area (Å²) in [6, 6.07) is 0. The first-order valence-corrected chi connectivity index (χ1v) is 8.65. The van der Waals surface area contributed by atoms with Crippen LogP contribution in [0.25, 0.3) is 0 Å². The first-order valence-electron chi connectivity index (χ1n) is 8.65. The second-order valence-electron chi connectivity index (χ2n) is 7.23. The van der Waals surface area contributed by atoms with Crippen LogP contribution in [0.3, 0.4) is 0 Å². The second-order valence-corrected chi connectivity index (χ2v) is 7.23. The number of nitrogens with one attached hydrogen (secondary N) is 2. The number of rotatable bonds is 9. The molecule has 2 amide bonds. The Morgan fingerprint density at radius 3 is 2.33 bits per heavy atom. The first-order chi connectivity index (χ1) is 11.3. The maximum Gasteiger partial charge on any atom is 0.287 e. The molecule has 1 aliphatic carbocycles. The van der Waals surface area contributed by atoms with Crippen LogP contribution in [-0.2, 0) is 14.4 Å². The van der Waals surface area contributed by atoms with Crippen LogP contribution in [0.4, 0.5) is 0 Å². The van der Waals surface area contributed by atoms with Gasteiger partial charge in [-0.1, -0.05) is 33.1 Å². The van der Waals surface area contributed by atoms with Crippen molar-refractivity contribution in [1.82, 2.24) is 10.6 Å². The van der Waals surface area contributed by atoms with E-state index >= 15 is 0 Å². The Hall–Kier alpha value is -1.47. The number of aliphatic hydroxyl groups excluding tert-OH is 2. The lowest BCUT2D eigenvalue weighted by Gasteiger charge is -2.27. The van der Waals surface area contributed by atoms with Gasteiger partial charge in [-0.25, -0.2) is 0 Å². The molecule has 7 nitrogen and oxygen atoms in total. The summed E-state index contributed by atoms with van der Waals surface area (Å²) in [5, 5.41) is 24.0. The van der Waals surface area contributed by atoms with Gasteiger partial charge in [-0.3, -0.25) is 14.4 Å². The molecule has 4 N–H and O–H groups in total. The predicted molar refractivity (Wildman–Crippen MR) is 89.1 cm³/mol. The average Bonchev–Trinajstić information content (AvgIpc) is 2.59. The van der Waals surface area contributed by atoms with Gasteiger partial charge in [0.2, 0.25) is 11.7 Å². The Labute approximate surface area is 143 Å². The van der Waals surface area contributed by atoms with Crippen LogP contribution in [0, 0.1) is 11.3 Å². The summed E-state index contributed by atoms with van der Waals surface area (Å²) in [6.07, 6.45) is 4.26. The minimum Gasteiger partial charge on any atom is -0.396 e. The molecular formula is C17H30N2O5. The normalized spacial score (nSPS) is 17.2. The molecule has 0 aromatic heterocycles. The van der Waals surface area contributed by atoms with Crippen molar-refractivity contribution in [2.45, 2.75) is 58.5 Å². The van der Waals surface area contributed by atoms with Crippen molar-refractivity contribution in [3.8, 4) is 0 Å². The Morgan fingerprint density at radius 2 is 1.75 bits per heavy atom. The lowest BCUT2D eigenvalue weighted by molar-refractivity contribution is -0.139. The van der Waals surface area contributed by atoms with E-state index in [4.69, 9.17) is 5.11 Å². The van der Waals surface area contributed by atoms with E-state index in [1.165, 1.54) is 19.3 Å². The maximum absolute atomic E-state index is 11.8. The number of aliphatic hydroxyl groups is 2. The van der Waals surface area contributed by atoms with Gasteiger partial charge in [0.25, 0.3) is 5.91 Å². The molecule has 0 bridgehead atoms. The van der Waals surface area contributed by atoms with E-state index in [9.17, 15) is 19.5 Å². The van der Waals surface area contributed by atoms with E-state index in [0.717, 1.165) is 12.8 Å². The molecule has 0 saturated heterocycles. The molecule has 1 fully saturated rings. The highest BCUT2D eigenvalue weighted by molar-refractivity contribution is 6.36. The van der Waals surface area contributed by atoms with Gasteiger partial charge in [-0.05, 0) is 18.8 Å². The SMILES string of the molecule is CC(C)(CO)[C@@H](O)C(=O)NCCC(=O)C(=O)NCC1CCCCC1. The van der Waals surface area contributed by atoms with Crippen LogP contribution in [0.5, 0.6) is 0 Å². The molecule has 1 saturated carbocycles. The minimum absolute atomic E-state index is 0.0208. The topological polar surface area (TPSA) is 116 Å². The van der Waals surface area contributed by atoms with E-state index in [1.54, 1.807) is 13.8 Å². The highest BCUT2D eigenvalue weighted by atomic mass is 16.3. The second kappa shape index (κ2) is 9.74. The fraction of sp³-hybridized carbons (Fsp3) is 0.824. The standard InChI is InChI=1S/C17H30N2O5/c1-17(2,11-20)14(22)16(24)18-9-8-13(21)15(23)19-10-12-6-4-3-5-7-12/h12,14,20,22H,3-11H2,1-2H3,(H,18,24)(H,19,23)/t14-/m0/s1. The Kier molecular flexibility index (Phi) is 8.35. The highest BCUT2D eigenvalue weighted by Crippen LogP contribution is 2.22. The number of hydrogen-bond acceptors (Lipinski definition) is 5. The zero-order valence-electron chi connectivity index (χ0n) is 14.6. The average molecular weight is 342 g/mol. The van der Waals surface area contributed by atoms with Crippen LogP contribution < -0.4 is 10.6 Å². The third-order valence-corrected chi connectivity index (χ3v) is 4.58. The lowest BCUT2D eigenvalue weighted by Crippen LogP contribution is -2.46. The van der Waals surface area contributed by atoms with Crippen LogP contribution in [-0.4, -0.2) is 53.6 Å². The molecule has 0 radical (unpaired) electrons. The molecule has 0 aromatic carbocycles.